The number of fused-ring (bicyclic) bond motifs is 2. The molecule has 4 aromatic carbocycles. The van der Waals surface area contributed by atoms with E-state index in [1.165, 1.54) is 0 Å². The van der Waals surface area contributed by atoms with E-state index in [9.17, 15) is 28.8 Å². The van der Waals surface area contributed by atoms with Crippen LogP contribution in [0.4, 0.5) is 17.2 Å². The molecular weight excluding hydrogens is 839 g/mol. The van der Waals surface area contributed by atoms with Crippen LogP contribution in [0.1, 0.15) is 81.2 Å². The van der Waals surface area contributed by atoms with E-state index in [0.29, 0.717) is 74.3 Å². The Morgan fingerprint density at radius 2 is 1.39 bits per heavy atom. The van der Waals surface area contributed by atoms with Crippen LogP contribution in [0.2, 0.25) is 0 Å². The largest absolute Gasteiger partial charge is 0.457 e. The molecule has 6 heterocycles. The number of likely N-dealkylation sites (tertiary alicyclic amines) is 1. The molecule has 0 radical (unpaired) electrons. The van der Waals surface area contributed by atoms with Crippen molar-refractivity contribution in [3.05, 3.63) is 119 Å². The summed E-state index contributed by atoms with van der Waals surface area (Å²) < 4.78 is 7.93. The Morgan fingerprint density at radius 3 is 2.09 bits per heavy atom. The number of nitrogens with one attached hydrogen (secondary N) is 2. The molecule has 5 aliphatic rings. The van der Waals surface area contributed by atoms with Crippen molar-refractivity contribution in [3.63, 3.8) is 0 Å². The summed E-state index contributed by atoms with van der Waals surface area (Å²) in [6, 6.07) is 29.8. The number of amides is 6. The second kappa shape index (κ2) is 17.8. The maximum atomic E-state index is 13.5. The lowest BCUT2D eigenvalue weighted by atomic mass is 9.86. The summed E-state index contributed by atoms with van der Waals surface area (Å²) in [5.41, 5.74) is 11.3. The van der Waals surface area contributed by atoms with E-state index in [-0.39, 0.29) is 35.9 Å². The van der Waals surface area contributed by atoms with Crippen LogP contribution in [0, 0.1) is 5.92 Å². The third-order valence-corrected chi connectivity index (χ3v) is 13.7. The number of rotatable bonds is 11. The zero-order valence-electron chi connectivity index (χ0n) is 36.5. The summed E-state index contributed by atoms with van der Waals surface area (Å²) in [7, 11) is 0. The van der Waals surface area contributed by atoms with Gasteiger partial charge in [0.15, 0.2) is 0 Å². The molecule has 16 nitrogen and oxygen atoms in total. The van der Waals surface area contributed by atoms with Gasteiger partial charge >= 0.3 is 0 Å². The van der Waals surface area contributed by atoms with Crippen molar-refractivity contribution in [3.8, 4) is 22.8 Å². The molecule has 5 aromatic rings. The number of hydrogen-bond donors (Lipinski definition) is 3. The zero-order valence-corrected chi connectivity index (χ0v) is 36.5. The number of benzene rings is 4. The molecule has 3 saturated heterocycles. The summed E-state index contributed by atoms with van der Waals surface area (Å²) in [4.78, 5) is 84.5. The average molecular weight is 890 g/mol. The minimum Gasteiger partial charge on any atom is -0.457 e. The van der Waals surface area contributed by atoms with Gasteiger partial charge in [0.2, 0.25) is 17.7 Å². The first-order valence-electron chi connectivity index (χ1n) is 22.8. The van der Waals surface area contributed by atoms with Gasteiger partial charge in [-0.15, -0.1) is 0 Å². The van der Waals surface area contributed by atoms with Crippen molar-refractivity contribution in [2.75, 3.05) is 60.9 Å². The molecule has 16 heteroatoms. The number of carbonyl (C=O) groups excluding carboxylic acids is 6. The lowest BCUT2D eigenvalue weighted by Gasteiger charge is -2.38. The Labute approximate surface area is 381 Å². The molecule has 3 fully saturated rings. The van der Waals surface area contributed by atoms with Crippen molar-refractivity contribution in [1.82, 2.24) is 24.9 Å². The van der Waals surface area contributed by atoms with Crippen molar-refractivity contribution >= 4 is 52.6 Å². The van der Waals surface area contributed by atoms with Crippen LogP contribution in [0.15, 0.2) is 97.1 Å². The highest BCUT2D eigenvalue weighted by atomic mass is 16.5. The number of nitrogens with zero attached hydrogens (tertiary/aromatic N) is 6. The van der Waals surface area contributed by atoms with E-state index in [1.54, 1.807) is 12.1 Å². The predicted octanol–water partition coefficient (Wildman–Crippen LogP) is 5.40. The summed E-state index contributed by atoms with van der Waals surface area (Å²) in [6.07, 6.45) is 3.82. The molecule has 0 aliphatic carbocycles. The van der Waals surface area contributed by atoms with Gasteiger partial charge in [-0.1, -0.05) is 30.3 Å². The Balaban J connectivity index is 0.702. The molecule has 0 saturated carbocycles. The highest BCUT2D eigenvalue weighted by molar-refractivity contribution is 6.23. The van der Waals surface area contributed by atoms with Crippen molar-refractivity contribution in [2.45, 2.75) is 57.0 Å². The minimum atomic E-state index is -0.994. The third kappa shape index (κ3) is 8.22. The fraction of sp³-hybridized carbons (Fsp3) is 0.340. The molecular formula is C50H51N9O7. The number of piperidine rings is 2. The SMILES string of the molecule is NC(=O)c1c(-c2ccc(Oc3ccccc3)cc2)nn2c1NCC[C@H]2C1CCN(C(=O)CCc2ccc(N3CCN(c4ccc5c(c4)C(=O)N(C4CCC(=O)NC4=O)C5=O)CC3)cc2)CC1. The van der Waals surface area contributed by atoms with E-state index in [1.807, 2.05) is 70.2 Å². The maximum Gasteiger partial charge on any atom is 0.262 e. The molecule has 10 rings (SSSR count). The monoisotopic (exact) mass is 889 g/mol. The lowest BCUT2D eigenvalue weighted by molar-refractivity contribution is -0.136. The molecule has 2 atom stereocenters. The summed E-state index contributed by atoms with van der Waals surface area (Å²) in [5, 5.41) is 10.6. The molecule has 6 amide bonds. The smallest absolute Gasteiger partial charge is 0.262 e. The van der Waals surface area contributed by atoms with Crippen LogP contribution in [0.5, 0.6) is 11.5 Å². The molecule has 1 aromatic heterocycles. The van der Waals surface area contributed by atoms with Gasteiger partial charge in [-0.2, -0.15) is 5.10 Å². The maximum absolute atomic E-state index is 13.5. The number of ether oxygens (including phenoxy) is 1. The number of aromatic nitrogens is 2. The van der Waals surface area contributed by atoms with Crippen LogP contribution >= 0.6 is 0 Å². The first-order valence-corrected chi connectivity index (χ1v) is 22.8. The van der Waals surface area contributed by atoms with E-state index in [2.05, 4.69) is 44.7 Å². The van der Waals surface area contributed by atoms with Gasteiger partial charge in [0.25, 0.3) is 17.7 Å². The molecule has 1 unspecified atom stereocenters. The Hall–Kier alpha value is -7.49. The fourth-order valence-corrected chi connectivity index (χ4v) is 10.2. The number of carbonyl (C=O) groups is 6. The number of nitrogens with two attached hydrogens (primary N) is 1. The van der Waals surface area contributed by atoms with Gasteiger partial charge in [-0.05, 0) is 110 Å². The highest BCUT2D eigenvalue weighted by Gasteiger charge is 2.45. The van der Waals surface area contributed by atoms with Crippen LogP contribution in [-0.4, -0.2) is 107 Å². The van der Waals surface area contributed by atoms with Gasteiger partial charge in [0, 0.05) is 75.6 Å². The van der Waals surface area contributed by atoms with Gasteiger partial charge in [-0.25, -0.2) is 4.68 Å². The van der Waals surface area contributed by atoms with Crippen LogP contribution < -0.4 is 30.9 Å². The number of primary amides is 1. The van der Waals surface area contributed by atoms with E-state index < -0.39 is 35.6 Å². The Kier molecular flexibility index (Phi) is 11.5. The first-order chi connectivity index (χ1) is 32.1. The van der Waals surface area contributed by atoms with Gasteiger partial charge < -0.3 is 30.5 Å². The van der Waals surface area contributed by atoms with Gasteiger partial charge in [-0.3, -0.25) is 39.0 Å². The molecule has 4 N–H and O–H groups in total. The highest BCUT2D eigenvalue weighted by Crippen LogP contribution is 2.41. The van der Waals surface area contributed by atoms with Crippen molar-refractivity contribution in [1.29, 1.82) is 0 Å². The van der Waals surface area contributed by atoms with Crippen LogP contribution in [0.3, 0.4) is 0 Å². The predicted molar refractivity (Wildman–Crippen MR) is 246 cm³/mol. The molecule has 0 bridgehead atoms. The molecule has 338 valence electrons. The Morgan fingerprint density at radius 1 is 0.727 bits per heavy atom. The fourth-order valence-electron chi connectivity index (χ4n) is 10.2. The van der Waals surface area contributed by atoms with Crippen molar-refractivity contribution in [2.24, 2.45) is 11.7 Å². The van der Waals surface area contributed by atoms with E-state index >= 15 is 0 Å². The topological polar surface area (TPSA) is 193 Å². The standard InChI is InChI=1S/C50H51N9O7/c51-46(62)44-45(33-9-14-37(15-10-33)66-36-4-2-1-3-5-36)54-59-40(20-23-52-47(44)59)32-21-24-57(25-22-32)43(61)19-8-31-6-11-34(12-7-31)55-26-28-56(29-27-55)35-13-16-38-39(30-35)50(65)58(49(38)64)41-17-18-42(60)53-48(41)63/h1-7,9-16,30,32,40-41,52H,8,17-29H2,(H2,51,62)(H,53,60,63)/t40-,41?/m0/s1. The summed E-state index contributed by atoms with van der Waals surface area (Å²) in [5.74, 6) is -0.0732. The second-order valence-electron chi connectivity index (χ2n) is 17.6. The first kappa shape index (κ1) is 42.5. The lowest BCUT2D eigenvalue weighted by Crippen LogP contribution is -2.54. The molecule has 0 spiro atoms. The Bertz CT molecular complexity index is 2700. The normalized spacial score (nSPS) is 19.9. The number of aryl methyl sites for hydroxylation is 1. The third-order valence-electron chi connectivity index (χ3n) is 13.7. The second-order valence-corrected chi connectivity index (χ2v) is 17.6. The van der Waals surface area contributed by atoms with Crippen LogP contribution in [-0.2, 0) is 20.8 Å². The average Bonchev–Trinajstić information content (AvgIpc) is 3.86. The number of anilines is 3. The summed E-state index contributed by atoms with van der Waals surface area (Å²) >= 11 is 0. The minimum absolute atomic E-state index is 0.0733. The van der Waals surface area contributed by atoms with E-state index in [0.717, 1.165) is 65.5 Å². The quantitative estimate of drug-likeness (QED) is 0.144. The van der Waals surface area contributed by atoms with E-state index in [4.69, 9.17) is 15.6 Å². The number of piperazine rings is 1. The van der Waals surface area contributed by atoms with Crippen LogP contribution in [0.25, 0.3) is 11.3 Å². The number of imide groups is 2. The molecule has 5 aliphatic heterocycles. The number of hydrogen-bond acceptors (Lipinski definition) is 11. The summed E-state index contributed by atoms with van der Waals surface area (Å²) in [6.45, 7) is 4.98. The van der Waals surface area contributed by atoms with Gasteiger partial charge in [0.1, 0.15) is 34.6 Å². The zero-order chi connectivity index (χ0) is 45.5. The molecule has 66 heavy (non-hydrogen) atoms. The van der Waals surface area contributed by atoms with Crippen molar-refractivity contribution < 1.29 is 33.5 Å². The number of para-hydroxylation sites is 1. The van der Waals surface area contributed by atoms with Gasteiger partial charge in [0.05, 0.1) is 17.2 Å².